The van der Waals surface area contributed by atoms with Crippen molar-refractivity contribution in [2.24, 2.45) is 0 Å². The van der Waals surface area contributed by atoms with Crippen molar-refractivity contribution in [3.8, 4) is 0 Å². The molecule has 0 atom stereocenters. The highest BCUT2D eigenvalue weighted by atomic mass is 16.2. The lowest BCUT2D eigenvalue weighted by atomic mass is 10.4. The van der Waals surface area contributed by atoms with E-state index in [-0.39, 0.29) is 17.2 Å². The molecule has 0 aliphatic heterocycles. The van der Waals surface area contributed by atoms with E-state index < -0.39 is 0 Å². The lowest BCUT2D eigenvalue weighted by Gasteiger charge is -1.97. The molecule has 1 amide bonds. The van der Waals surface area contributed by atoms with Crippen molar-refractivity contribution in [3.63, 3.8) is 0 Å². The van der Waals surface area contributed by atoms with Crippen LogP contribution in [0.2, 0.25) is 0 Å². The van der Waals surface area contributed by atoms with E-state index in [4.69, 9.17) is 0 Å². The molecule has 0 unspecified atom stereocenters. The van der Waals surface area contributed by atoms with Gasteiger partial charge in [-0.05, 0) is 12.1 Å². The highest BCUT2D eigenvalue weighted by molar-refractivity contribution is 5.88. The van der Waals surface area contributed by atoms with Gasteiger partial charge in [0.2, 0.25) is 5.91 Å². The van der Waals surface area contributed by atoms with E-state index >= 15 is 0 Å². The summed E-state index contributed by atoms with van der Waals surface area (Å²) in [6, 6.07) is 3.19. The Balaban J connectivity index is 2.95. The molecule has 58 valence electrons. The summed E-state index contributed by atoms with van der Waals surface area (Å²) in [7, 11) is 0. The predicted octanol–water partition coefficient (Wildman–Crippen LogP) is 0.333. The zero-order valence-corrected chi connectivity index (χ0v) is 6.05. The number of nitrogens with one attached hydrogen (secondary N) is 2. The number of amides is 1. The van der Waals surface area contributed by atoms with Gasteiger partial charge in [-0.1, -0.05) is 0 Å². The number of carbonyl (C=O) groups excluding carboxylic acids is 1. The fraction of sp³-hybridized carbons (Fsp3) is 0.143. The van der Waals surface area contributed by atoms with E-state index in [1.54, 1.807) is 12.1 Å². The van der Waals surface area contributed by atoms with Crippen molar-refractivity contribution in [2.45, 2.75) is 6.92 Å². The number of aromatic nitrogens is 1. The zero-order valence-electron chi connectivity index (χ0n) is 6.05. The minimum absolute atomic E-state index is 0.248. The molecule has 0 aliphatic rings. The molecular formula is C7H8N2O2. The number of carbonyl (C=O) groups is 1. The monoisotopic (exact) mass is 152 g/mol. The van der Waals surface area contributed by atoms with Crippen LogP contribution in [-0.4, -0.2) is 10.9 Å². The Morgan fingerprint density at radius 3 is 2.91 bits per heavy atom. The molecule has 1 rings (SSSR count). The van der Waals surface area contributed by atoms with Crippen molar-refractivity contribution < 1.29 is 4.79 Å². The molecule has 0 saturated heterocycles. The van der Waals surface area contributed by atoms with Gasteiger partial charge < -0.3 is 10.3 Å². The van der Waals surface area contributed by atoms with Crippen molar-refractivity contribution >= 4 is 11.6 Å². The fourth-order valence-corrected chi connectivity index (χ4v) is 0.710. The fourth-order valence-electron chi connectivity index (χ4n) is 0.710. The summed E-state index contributed by atoms with van der Waals surface area (Å²) in [5.74, 6) is -0.248. The summed E-state index contributed by atoms with van der Waals surface area (Å²) in [5, 5.41) is 2.39. The van der Waals surface area contributed by atoms with Gasteiger partial charge in [0.25, 0.3) is 5.56 Å². The van der Waals surface area contributed by atoms with Crippen LogP contribution in [0.5, 0.6) is 0 Å². The Kier molecular flexibility index (Phi) is 2.06. The molecule has 4 heteroatoms. The smallest absolute Gasteiger partial charge is 0.271 e. The summed E-state index contributed by atoms with van der Waals surface area (Å²) >= 11 is 0. The molecule has 0 aromatic carbocycles. The number of rotatable bonds is 1. The highest BCUT2D eigenvalue weighted by Crippen LogP contribution is 1.94. The first-order valence-electron chi connectivity index (χ1n) is 3.15. The van der Waals surface area contributed by atoms with Gasteiger partial charge in [-0.3, -0.25) is 9.59 Å². The van der Waals surface area contributed by atoms with Crippen molar-refractivity contribution in [1.82, 2.24) is 4.98 Å². The minimum atomic E-state index is -0.289. The van der Waals surface area contributed by atoms with Crippen molar-refractivity contribution in [3.05, 3.63) is 28.7 Å². The topological polar surface area (TPSA) is 62.0 Å². The van der Waals surface area contributed by atoms with E-state index in [1.807, 2.05) is 0 Å². The van der Waals surface area contributed by atoms with Gasteiger partial charge in [0, 0.05) is 13.1 Å². The maximum Gasteiger partial charge on any atom is 0.271 e. The lowest BCUT2D eigenvalue weighted by molar-refractivity contribution is -0.114. The summed E-state index contributed by atoms with van der Waals surface area (Å²) in [6.07, 6.45) is 1.51. The first kappa shape index (κ1) is 7.53. The minimum Gasteiger partial charge on any atom is -0.327 e. The van der Waals surface area contributed by atoms with Crippen LogP contribution < -0.4 is 10.9 Å². The van der Waals surface area contributed by atoms with Crippen LogP contribution in [0.4, 0.5) is 5.69 Å². The lowest BCUT2D eigenvalue weighted by Crippen LogP contribution is -2.16. The van der Waals surface area contributed by atoms with E-state index in [0.717, 1.165) is 0 Å². The molecule has 0 saturated carbocycles. The molecule has 0 bridgehead atoms. The number of anilines is 1. The van der Waals surface area contributed by atoms with Gasteiger partial charge in [-0.15, -0.1) is 0 Å². The second-order valence-corrected chi connectivity index (χ2v) is 2.09. The summed E-state index contributed by atoms with van der Waals surface area (Å²) in [6.45, 7) is 1.35. The van der Waals surface area contributed by atoms with E-state index in [0.29, 0.717) is 0 Å². The highest BCUT2D eigenvalue weighted by Gasteiger charge is 1.97. The molecule has 2 N–H and O–H groups in total. The third-order valence-electron chi connectivity index (χ3n) is 1.13. The van der Waals surface area contributed by atoms with Gasteiger partial charge in [-0.25, -0.2) is 0 Å². The molecule has 0 spiro atoms. The van der Waals surface area contributed by atoms with Crippen LogP contribution in [0.1, 0.15) is 6.92 Å². The second kappa shape index (κ2) is 3.01. The second-order valence-electron chi connectivity index (χ2n) is 2.09. The summed E-state index contributed by atoms with van der Waals surface area (Å²) in [4.78, 5) is 23.8. The van der Waals surface area contributed by atoms with Crippen LogP contribution in [-0.2, 0) is 4.79 Å². The van der Waals surface area contributed by atoms with Gasteiger partial charge in [0.15, 0.2) is 0 Å². The molecule has 0 radical (unpaired) electrons. The Labute approximate surface area is 63.3 Å². The van der Waals surface area contributed by atoms with Crippen LogP contribution in [0, 0.1) is 0 Å². The van der Waals surface area contributed by atoms with Crippen molar-refractivity contribution in [2.75, 3.05) is 5.32 Å². The maximum atomic E-state index is 10.9. The van der Waals surface area contributed by atoms with Gasteiger partial charge in [0.1, 0.15) is 5.69 Å². The van der Waals surface area contributed by atoms with Crippen LogP contribution in [0.25, 0.3) is 0 Å². The molecular weight excluding hydrogens is 144 g/mol. The van der Waals surface area contributed by atoms with Gasteiger partial charge >= 0.3 is 0 Å². The SMILES string of the molecule is CC(=O)Nc1ccc[nH]c1=O. The zero-order chi connectivity index (χ0) is 8.27. The predicted molar refractivity (Wildman–Crippen MR) is 41.4 cm³/mol. The Hall–Kier alpha value is -1.58. The van der Waals surface area contributed by atoms with Crippen LogP contribution in [0.15, 0.2) is 23.1 Å². The maximum absolute atomic E-state index is 10.9. The van der Waals surface area contributed by atoms with Crippen molar-refractivity contribution in [1.29, 1.82) is 0 Å². The number of pyridine rings is 1. The largest absolute Gasteiger partial charge is 0.327 e. The Morgan fingerprint density at radius 1 is 1.64 bits per heavy atom. The third kappa shape index (κ3) is 1.93. The van der Waals surface area contributed by atoms with Crippen LogP contribution in [0.3, 0.4) is 0 Å². The number of hydrogen-bond acceptors (Lipinski definition) is 2. The quantitative estimate of drug-likeness (QED) is 0.609. The standard InChI is InChI=1S/C7H8N2O2/c1-5(10)9-6-3-2-4-8-7(6)11/h2-4H,1H3,(H,8,11)(H,9,10). The average Bonchev–Trinajstić information content (AvgIpc) is 1.93. The number of H-pyrrole nitrogens is 1. The van der Waals surface area contributed by atoms with Crippen LogP contribution >= 0.6 is 0 Å². The molecule has 1 aromatic rings. The normalized spacial score (nSPS) is 9.18. The van der Waals surface area contributed by atoms with E-state index in [9.17, 15) is 9.59 Å². The molecule has 0 aliphatic carbocycles. The number of aromatic amines is 1. The molecule has 1 heterocycles. The first-order chi connectivity index (χ1) is 5.20. The van der Waals surface area contributed by atoms with E-state index in [1.165, 1.54) is 13.1 Å². The number of hydrogen-bond donors (Lipinski definition) is 2. The Morgan fingerprint density at radius 2 is 2.36 bits per heavy atom. The third-order valence-corrected chi connectivity index (χ3v) is 1.13. The molecule has 1 aromatic heterocycles. The van der Waals surface area contributed by atoms with E-state index in [2.05, 4.69) is 10.3 Å². The first-order valence-corrected chi connectivity index (χ1v) is 3.15. The molecule has 0 fully saturated rings. The summed E-state index contributed by atoms with van der Waals surface area (Å²) < 4.78 is 0. The van der Waals surface area contributed by atoms with Gasteiger partial charge in [0.05, 0.1) is 0 Å². The molecule has 4 nitrogen and oxygen atoms in total. The molecule has 11 heavy (non-hydrogen) atoms. The Bertz CT molecular complexity index is 316. The summed E-state index contributed by atoms with van der Waals surface area (Å²) in [5.41, 5.74) is -0.0114. The van der Waals surface area contributed by atoms with Gasteiger partial charge in [-0.2, -0.15) is 0 Å². The average molecular weight is 152 g/mol.